The molecular weight excluding hydrogens is 416 g/mol. The first-order valence-electron chi connectivity index (χ1n) is 9.82. The number of ether oxygens (including phenoxy) is 1. The van der Waals surface area contributed by atoms with Gasteiger partial charge in [-0.05, 0) is 52.1 Å². The molecule has 3 rings (SSSR count). The van der Waals surface area contributed by atoms with Crippen LogP contribution in [0.25, 0.3) is 10.8 Å². The van der Waals surface area contributed by atoms with Crippen LogP contribution in [0, 0.1) is 13.8 Å². The highest BCUT2D eigenvalue weighted by Gasteiger charge is 2.24. The highest BCUT2D eigenvalue weighted by atomic mass is 32.1. The van der Waals surface area contributed by atoms with Crippen LogP contribution in [0.3, 0.4) is 0 Å². The number of carbonyl (C=O) groups is 2. The molecular formula is C22H26N4O4S. The first-order chi connectivity index (χ1) is 14.5. The molecule has 0 bridgehead atoms. The first kappa shape index (κ1) is 22.6. The number of benzene rings is 1. The number of aromatic nitrogens is 2. The molecule has 3 N–H and O–H groups in total. The number of anilines is 2. The van der Waals surface area contributed by atoms with Gasteiger partial charge in [0, 0.05) is 11.6 Å². The van der Waals surface area contributed by atoms with Crippen molar-refractivity contribution in [1.82, 2.24) is 9.97 Å². The van der Waals surface area contributed by atoms with Crippen LogP contribution in [0.2, 0.25) is 0 Å². The van der Waals surface area contributed by atoms with Crippen molar-refractivity contribution in [3.8, 4) is 0 Å². The maximum atomic E-state index is 12.4. The number of fused-ring (bicyclic) bond motifs is 1. The molecule has 8 nitrogen and oxygen atoms in total. The lowest BCUT2D eigenvalue weighted by Crippen LogP contribution is -2.33. The summed E-state index contributed by atoms with van der Waals surface area (Å²) in [5.74, 6) is -0.540. The number of carbonyl (C=O) groups excluding carboxylic acids is 2. The molecule has 0 aliphatic carbocycles. The molecule has 164 valence electrons. The fraction of sp³-hybridized carbons (Fsp3) is 0.364. The van der Waals surface area contributed by atoms with Gasteiger partial charge in [-0.1, -0.05) is 29.0 Å². The summed E-state index contributed by atoms with van der Waals surface area (Å²) in [7, 11) is 0. The molecule has 0 saturated carbocycles. The lowest BCUT2D eigenvalue weighted by molar-refractivity contribution is -0.123. The van der Waals surface area contributed by atoms with Crippen molar-refractivity contribution in [2.45, 2.75) is 46.3 Å². The summed E-state index contributed by atoms with van der Waals surface area (Å²) in [6.45, 7) is 8.95. The summed E-state index contributed by atoms with van der Waals surface area (Å²) < 4.78 is 5.35. The third-order valence-electron chi connectivity index (χ3n) is 4.30. The van der Waals surface area contributed by atoms with E-state index in [1.165, 1.54) is 0 Å². The summed E-state index contributed by atoms with van der Waals surface area (Å²) in [4.78, 5) is 33.5. The maximum Gasteiger partial charge on any atom is 0.350 e. The van der Waals surface area contributed by atoms with Crippen LogP contribution in [-0.2, 0) is 9.53 Å². The maximum absolute atomic E-state index is 12.4. The summed E-state index contributed by atoms with van der Waals surface area (Å²) >= 11 is 1.01. The van der Waals surface area contributed by atoms with E-state index >= 15 is 0 Å². The second-order valence-electron chi connectivity index (χ2n) is 8.21. The molecule has 1 atom stereocenters. The number of nitrogens with one attached hydrogen (secondary N) is 2. The molecule has 0 spiro atoms. The van der Waals surface area contributed by atoms with E-state index in [1.54, 1.807) is 33.9 Å². The van der Waals surface area contributed by atoms with Crippen molar-refractivity contribution in [2.24, 2.45) is 0 Å². The Hall–Kier alpha value is -3.04. The first-order valence-corrected chi connectivity index (χ1v) is 10.6. The van der Waals surface area contributed by atoms with Crippen LogP contribution in [0.5, 0.6) is 0 Å². The Labute approximate surface area is 184 Å². The zero-order chi connectivity index (χ0) is 22.8. The predicted octanol–water partition coefficient (Wildman–Crippen LogP) is 3.67. The molecule has 0 unspecified atom stereocenters. The second-order valence-corrected chi connectivity index (χ2v) is 9.20. The molecule has 0 aliphatic rings. The van der Waals surface area contributed by atoms with Crippen molar-refractivity contribution in [2.75, 3.05) is 17.2 Å². The molecule has 0 aliphatic heterocycles. The zero-order valence-corrected chi connectivity index (χ0v) is 19.0. The van der Waals surface area contributed by atoms with Crippen LogP contribution in [0.1, 0.15) is 41.7 Å². The molecule has 9 heteroatoms. The number of aryl methyl sites for hydroxylation is 2. The van der Waals surface area contributed by atoms with Gasteiger partial charge in [-0.2, -0.15) is 0 Å². The molecule has 1 amide bonds. The average molecular weight is 443 g/mol. The molecule has 0 fully saturated rings. The normalized spacial score (nSPS) is 12.5. The Kier molecular flexibility index (Phi) is 6.56. The van der Waals surface area contributed by atoms with E-state index in [2.05, 4.69) is 20.6 Å². The van der Waals surface area contributed by atoms with E-state index in [4.69, 9.17) is 4.74 Å². The van der Waals surface area contributed by atoms with Gasteiger partial charge in [0.25, 0.3) is 5.91 Å². The quantitative estimate of drug-likeness (QED) is 0.499. The number of hydrogen-bond donors (Lipinski definition) is 3. The molecule has 3 aromatic rings. The van der Waals surface area contributed by atoms with E-state index in [1.807, 2.05) is 31.2 Å². The summed E-state index contributed by atoms with van der Waals surface area (Å²) in [5.41, 5.74) is 0.909. The highest BCUT2D eigenvalue weighted by molar-refractivity contribution is 7.17. The monoisotopic (exact) mass is 442 g/mol. The van der Waals surface area contributed by atoms with Gasteiger partial charge in [-0.15, -0.1) is 0 Å². The van der Waals surface area contributed by atoms with Gasteiger partial charge in [0.2, 0.25) is 0 Å². The Morgan fingerprint density at radius 2 is 1.97 bits per heavy atom. The van der Waals surface area contributed by atoms with Crippen molar-refractivity contribution >= 4 is 44.9 Å². The van der Waals surface area contributed by atoms with Crippen LogP contribution in [-0.4, -0.2) is 45.2 Å². The predicted molar refractivity (Wildman–Crippen MR) is 122 cm³/mol. The summed E-state index contributed by atoms with van der Waals surface area (Å²) in [6.07, 6.45) is 0.333. The number of esters is 1. The number of hydrogen-bond acceptors (Lipinski definition) is 8. The van der Waals surface area contributed by atoms with E-state index in [-0.39, 0.29) is 11.7 Å². The van der Waals surface area contributed by atoms with Crippen molar-refractivity contribution in [3.63, 3.8) is 0 Å². The van der Waals surface area contributed by atoms with Gasteiger partial charge in [0.1, 0.15) is 22.4 Å². The van der Waals surface area contributed by atoms with Crippen LogP contribution < -0.4 is 10.6 Å². The number of nitrogens with zero attached hydrogens (tertiary/aromatic N) is 2. The molecule has 2 aromatic heterocycles. The van der Waals surface area contributed by atoms with Gasteiger partial charge in [-0.3, -0.25) is 10.1 Å². The van der Waals surface area contributed by atoms with E-state index in [9.17, 15) is 14.7 Å². The average Bonchev–Trinajstić information content (AvgIpc) is 3.04. The number of aliphatic hydroxyl groups is 1. The number of amides is 1. The van der Waals surface area contributed by atoms with Gasteiger partial charge in [0.05, 0.1) is 12.2 Å². The molecule has 2 heterocycles. The molecule has 31 heavy (non-hydrogen) atoms. The fourth-order valence-electron chi connectivity index (χ4n) is 2.86. The van der Waals surface area contributed by atoms with Gasteiger partial charge in [0.15, 0.2) is 5.13 Å². The van der Waals surface area contributed by atoms with E-state index < -0.39 is 23.6 Å². The largest absolute Gasteiger partial charge is 0.456 e. The zero-order valence-electron chi connectivity index (χ0n) is 18.1. The Bertz CT molecular complexity index is 1120. The van der Waals surface area contributed by atoms with Crippen LogP contribution in [0.15, 0.2) is 30.5 Å². The van der Waals surface area contributed by atoms with Crippen molar-refractivity contribution < 1.29 is 19.4 Å². The van der Waals surface area contributed by atoms with Gasteiger partial charge < -0.3 is 15.2 Å². The summed E-state index contributed by atoms with van der Waals surface area (Å²) in [5, 5.41) is 18.0. The van der Waals surface area contributed by atoms with E-state index in [0.29, 0.717) is 16.4 Å². The molecule has 0 saturated heterocycles. The minimum atomic E-state index is -1.34. The number of thiazole rings is 1. The minimum Gasteiger partial charge on any atom is -0.456 e. The van der Waals surface area contributed by atoms with Crippen LogP contribution in [0.4, 0.5) is 10.9 Å². The van der Waals surface area contributed by atoms with Gasteiger partial charge in [-0.25, -0.2) is 14.8 Å². The Morgan fingerprint density at radius 3 is 2.68 bits per heavy atom. The SMILES string of the molecule is Cc1ccc2ccnc(NC[C@@H](O)C(=O)Nc3nc(C)c(C(=O)OC(C)(C)C)s3)c2c1. The lowest BCUT2D eigenvalue weighted by atomic mass is 10.1. The standard InChI is InChI=1S/C22H26N4O4S/c1-12-6-7-14-8-9-23-18(15(14)10-12)24-11-16(27)19(28)26-21-25-13(2)17(31-21)20(29)30-22(3,4)5/h6-10,16,27H,11H2,1-5H3,(H,23,24)(H,25,26,28)/t16-/m1/s1. The van der Waals surface area contributed by atoms with Crippen molar-refractivity contribution in [1.29, 1.82) is 0 Å². The lowest BCUT2D eigenvalue weighted by Gasteiger charge is -2.18. The summed E-state index contributed by atoms with van der Waals surface area (Å²) in [6, 6.07) is 7.90. The smallest absolute Gasteiger partial charge is 0.350 e. The second kappa shape index (κ2) is 8.99. The third-order valence-corrected chi connectivity index (χ3v) is 5.35. The third kappa shape index (κ3) is 5.77. The topological polar surface area (TPSA) is 113 Å². The Balaban J connectivity index is 1.64. The van der Waals surface area contributed by atoms with Gasteiger partial charge >= 0.3 is 5.97 Å². The molecule has 0 radical (unpaired) electrons. The number of rotatable bonds is 6. The van der Waals surface area contributed by atoms with E-state index in [0.717, 1.165) is 27.7 Å². The Morgan fingerprint density at radius 1 is 1.23 bits per heavy atom. The number of aliphatic hydroxyl groups excluding tert-OH is 1. The minimum absolute atomic E-state index is 0.0326. The molecule has 1 aromatic carbocycles. The highest BCUT2D eigenvalue weighted by Crippen LogP contribution is 2.26. The van der Waals surface area contributed by atoms with Crippen molar-refractivity contribution in [3.05, 3.63) is 46.6 Å². The van der Waals surface area contributed by atoms with Crippen LogP contribution >= 0.6 is 11.3 Å². The number of pyridine rings is 1. The fourth-order valence-corrected chi connectivity index (χ4v) is 3.71.